The van der Waals surface area contributed by atoms with Gasteiger partial charge in [0.2, 0.25) is 0 Å². The molecule has 0 radical (unpaired) electrons. The molecular weight excluding hydrogens is 375 g/mol. The molecule has 0 bridgehead atoms. The van der Waals surface area contributed by atoms with Gasteiger partial charge in [0, 0.05) is 22.2 Å². The summed E-state index contributed by atoms with van der Waals surface area (Å²) < 4.78 is 26.8. The van der Waals surface area contributed by atoms with Crippen LogP contribution in [0.1, 0.15) is 31.2 Å². The van der Waals surface area contributed by atoms with Crippen molar-refractivity contribution in [2.75, 3.05) is 19.6 Å². The van der Waals surface area contributed by atoms with E-state index in [9.17, 15) is 8.78 Å². The van der Waals surface area contributed by atoms with Gasteiger partial charge in [0.1, 0.15) is 11.6 Å². The van der Waals surface area contributed by atoms with Gasteiger partial charge in [0.05, 0.1) is 6.54 Å². The lowest BCUT2D eigenvalue weighted by molar-refractivity contribution is 0.320. The highest BCUT2D eigenvalue weighted by Gasteiger charge is 2.08. The molecule has 2 aromatic rings. The molecule has 0 N–H and O–H groups in total. The van der Waals surface area contributed by atoms with E-state index < -0.39 is 11.6 Å². The smallest absolute Gasteiger partial charge is 0.126 e. The van der Waals surface area contributed by atoms with Gasteiger partial charge < -0.3 is 0 Å². The number of hydrogen-bond acceptors (Lipinski definition) is 1. The summed E-state index contributed by atoms with van der Waals surface area (Å²) in [5.74, 6) is 5.10. The fourth-order valence-corrected chi connectivity index (χ4v) is 3.37. The summed E-state index contributed by atoms with van der Waals surface area (Å²) >= 11 is 6.29. The highest BCUT2D eigenvalue weighted by atomic mass is 35.5. The zero-order valence-electron chi connectivity index (χ0n) is 14.4. The van der Waals surface area contributed by atoms with Crippen LogP contribution in [0.3, 0.4) is 0 Å². The van der Waals surface area contributed by atoms with Crippen LogP contribution in [0.5, 0.6) is 0 Å². The van der Waals surface area contributed by atoms with E-state index >= 15 is 0 Å². The molecule has 138 valence electrons. The summed E-state index contributed by atoms with van der Waals surface area (Å²) in [4.78, 5) is 2.38. The number of nitrogens with zero attached hydrogens (tertiary/aromatic N) is 1. The normalized spacial score (nSPS) is 14.7. The van der Waals surface area contributed by atoms with Gasteiger partial charge in [-0.3, -0.25) is 4.90 Å². The number of halogens is 4. The Morgan fingerprint density at radius 1 is 0.923 bits per heavy atom. The zero-order valence-corrected chi connectivity index (χ0v) is 16.0. The van der Waals surface area contributed by atoms with Crippen LogP contribution in [0.15, 0.2) is 36.4 Å². The lowest BCUT2D eigenvalue weighted by Gasteiger charge is -2.15. The van der Waals surface area contributed by atoms with Crippen LogP contribution < -0.4 is 0 Å². The van der Waals surface area contributed by atoms with E-state index in [2.05, 4.69) is 16.7 Å². The monoisotopic (exact) mass is 395 g/mol. The second kappa shape index (κ2) is 9.92. The summed E-state index contributed by atoms with van der Waals surface area (Å²) in [6, 6.07) is 8.73. The van der Waals surface area contributed by atoms with Crippen LogP contribution in [0.25, 0.3) is 11.1 Å². The first-order valence-corrected chi connectivity index (χ1v) is 8.97. The average Bonchev–Trinajstić information content (AvgIpc) is 2.83. The Morgan fingerprint density at radius 3 is 2.19 bits per heavy atom. The van der Waals surface area contributed by atoms with Crippen molar-refractivity contribution >= 4 is 24.0 Å². The van der Waals surface area contributed by atoms with Crippen molar-refractivity contribution in [3.8, 4) is 23.0 Å². The first-order valence-electron chi connectivity index (χ1n) is 8.59. The van der Waals surface area contributed by atoms with Crippen LogP contribution in [0, 0.1) is 23.5 Å². The van der Waals surface area contributed by atoms with Crippen molar-refractivity contribution in [1.29, 1.82) is 0 Å². The average molecular weight is 396 g/mol. The molecule has 5 heteroatoms. The fraction of sp³-hybridized carbons (Fsp3) is 0.333. The molecule has 3 rings (SSSR count). The molecule has 1 aliphatic heterocycles. The lowest BCUT2D eigenvalue weighted by atomic mass is 10.0. The zero-order chi connectivity index (χ0) is 17.6. The number of hydrogen-bond donors (Lipinski definition) is 0. The van der Waals surface area contributed by atoms with Crippen molar-refractivity contribution in [2.45, 2.75) is 25.7 Å². The molecule has 0 unspecified atom stereocenters. The molecule has 0 aromatic heterocycles. The number of benzene rings is 2. The van der Waals surface area contributed by atoms with Crippen LogP contribution in [0.4, 0.5) is 8.78 Å². The molecule has 26 heavy (non-hydrogen) atoms. The van der Waals surface area contributed by atoms with Gasteiger partial charge in [-0.25, -0.2) is 8.78 Å². The lowest BCUT2D eigenvalue weighted by Crippen LogP contribution is -2.24. The maximum absolute atomic E-state index is 13.4. The second-order valence-corrected chi connectivity index (χ2v) is 6.75. The van der Waals surface area contributed by atoms with E-state index in [1.54, 1.807) is 12.1 Å². The molecule has 1 fully saturated rings. The SMILES string of the molecule is Cl.Fc1cc(F)cc(-c2ccc(C#CCN3CCCCCC3)cc2Cl)c1. The molecule has 1 heterocycles. The molecule has 0 amide bonds. The van der Waals surface area contributed by atoms with Crippen molar-refractivity contribution in [3.05, 3.63) is 58.6 Å². The molecule has 0 spiro atoms. The molecule has 0 aliphatic carbocycles. The summed E-state index contributed by atoms with van der Waals surface area (Å²) in [6.07, 6.45) is 5.10. The van der Waals surface area contributed by atoms with Gasteiger partial charge in [-0.1, -0.05) is 42.3 Å². The molecular formula is C21H21Cl2F2N. The van der Waals surface area contributed by atoms with E-state index in [-0.39, 0.29) is 12.4 Å². The van der Waals surface area contributed by atoms with Gasteiger partial charge >= 0.3 is 0 Å². The van der Waals surface area contributed by atoms with E-state index in [1.165, 1.54) is 37.8 Å². The predicted octanol–water partition coefficient (Wildman–Crippen LogP) is 5.93. The maximum Gasteiger partial charge on any atom is 0.126 e. The van der Waals surface area contributed by atoms with Gasteiger partial charge in [-0.15, -0.1) is 12.4 Å². The molecule has 0 saturated carbocycles. The van der Waals surface area contributed by atoms with Crippen molar-refractivity contribution in [3.63, 3.8) is 0 Å². The van der Waals surface area contributed by atoms with Crippen molar-refractivity contribution in [2.24, 2.45) is 0 Å². The molecule has 0 atom stereocenters. The Hall–Kier alpha value is -1.60. The quantitative estimate of drug-likeness (QED) is 0.569. The van der Waals surface area contributed by atoms with Crippen LogP contribution >= 0.6 is 24.0 Å². The first kappa shape index (κ1) is 20.7. The van der Waals surface area contributed by atoms with Crippen LogP contribution in [-0.2, 0) is 0 Å². The third-order valence-electron chi connectivity index (χ3n) is 4.38. The second-order valence-electron chi connectivity index (χ2n) is 6.34. The Bertz CT molecular complexity index is 783. The minimum Gasteiger partial charge on any atom is -0.292 e. The Labute approximate surface area is 164 Å². The van der Waals surface area contributed by atoms with E-state index in [4.69, 9.17) is 11.6 Å². The Kier molecular flexibility index (Phi) is 7.90. The minimum atomic E-state index is -0.618. The summed E-state index contributed by atoms with van der Waals surface area (Å²) in [7, 11) is 0. The summed E-state index contributed by atoms with van der Waals surface area (Å²) in [5, 5.41) is 0.437. The molecule has 2 aromatic carbocycles. The van der Waals surface area contributed by atoms with Crippen LogP contribution in [0.2, 0.25) is 5.02 Å². The Morgan fingerprint density at radius 2 is 1.58 bits per heavy atom. The highest BCUT2D eigenvalue weighted by molar-refractivity contribution is 6.33. The summed E-state index contributed by atoms with van der Waals surface area (Å²) in [5.41, 5.74) is 1.82. The fourth-order valence-electron chi connectivity index (χ4n) is 3.08. The first-order chi connectivity index (χ1) is 12.1. The van der Waals surface area contributed by atoms with Crippen LogP contribution in [-0.4, -0.2) is 24.5 Å². The van der Waals surface area contributed by atoms with Gasteiger partial charge in [0.15, 0.2) is 0 Å². The van der Waals surface area contributed by atoms with Crippen molar-refractivity contribution < 1.29 is 8.78 Å². The van der Waals surface area contributed by atoms with Gasteiger partial charge in [-0.2, -0.15) is 0 Å². The predicted molar refractivity (Wildman–Crippen MR) is 106 cm³/mol. The van der Waals surface area contributed by atoms with E-state index in [0.29, 0.717) is 16.1 Å². The highest BCUT2D eigenvalue weighted by Crippen LogP contribution is 2.29. The maximum atomic E-state index is 13.4. The van der Waals surface area contributed by atoms with Gasteiger partial charge in [0.25, 0.3) is 0 Å². The standard InChI is InChI=1S/C21H20ClF2N.ClH/c22-21-12-16(6-5-11-25-9-3-1-2-4-10-25)7-8-20(21)17-13-18(23)15-19(24)14-17;/h7-8,12-15H,1-4,9-11H2;1H. The van der Waals surface area contributed by atoms with Crippen molar-refractivity contribution in [1.82, 2.24) is 4.90 Å². The number of rotatable bonds is 2. The molecule has 1 saturated heterocycles. The topological polar surface area (TPSA) is 3.24 Å². The third kappa shape index (κ3) is 5.71. The van der Waals surface area contributed by atoms with E-state index in [0.717, 1.165) is 31.3 Å². The molecule has 1 nitrogen and oxygen atoms in total. The van der Waals surface area contributed by atoms with Gasteiger partial charge in [-0.05, 0) is 55.8 Å². The largest absolute Gasteiger partial charge is 0.292 e. The Balaban J connectivity index is 0.00000243. The van der Waals surface area contributed by atoms with E-state index in [1.807, 2.05) is 6.07 Å². The summed E-state index contributed by atoms with van der Waals surface area (Å²) in [6.45, 7) is 2.98. The third-order valence-corrected chi connectivity index (χ3v) is 4.69. The molecule has 1 aliphatic rings. The minimum absolute atomic E-state index is 0. The number of likely N-dealkylation sites (tertiary alicyclic amines) is 1.